The van der Waals surface area contributed by atoms with E-state index in [0.717, 1.165) is 10.6 Å². The van der Waals surface area contributed by atoms with Gasteiger partial charge < -0.3 is 11.1 Å². The van der Waals surface area contributed by atoms with Gasteiger partial charge in [-0.1, -0.05) is 49.4 Å². The van der Waals surface area contributed by atoms with Crippen molar-refractivity contribution in [1.82, 2.24) is 5.32 Å². The minimum absolute atomic E-state index is 0. The second-order valence-corrected chi connectivity index (χ2v) is 5.60. The Bertz CT molecular complexity index is 412. The van der Waals surface area contributed by atoms with Gasteiger partial charge in [0.05, 0.1) is 6.54 Å². The molecule has 0 heterocycles. The number of nitrogens with two attached hydrogens (primary N) is 1. The van der Waals surface area contributed by atoms with Gasteiger partial charge in [0, 0.05) is 11.1 Å². The standard InChI is InChI=1S/C15H22ClN3.HI/c16-13-9-7-12(8-10-13)11-18-15(17)19-14-5-3-1-2-4-6-14;/h7-10,14H,1-6,11H2,(H3,17,18,19);1H. The molecule has 1 aliphatic carbocycles. The molecule has 0 radical (unpaired) electrons. The molecule has 1 aromatic rings. The summed E-state index contributed by atoms with van der Waals surface area (Å²) in [6.07, 6.45) is 7.69. The predicted molar refractivity (Wildman–Crippen MR) is 96.8 cm³/mol. The van der Waals surface area contributed by atoms with E-state index >= 15 is 0 Å². The first-order valence-electron chi connectivity index (χ1n) is 7.05. The zero-order valence-corrected chi connectivity index (χ0v) is 14.7. The number of rotatable bonds is 3. The molecule has 1 saturated carbocycles. The number of benzene rings is 1. The van der Waals surface area contributed by atoms with Gasteiger partial charge in [0.15, 0.2) is 5.96 Å². The van der Waals surface area contributed by atoms with E-state index in [2.05, 4.69) is 10.3 Å². The third kappa shape index (κ3) is 6.31. The molecule has 1 fully saturated rings. The molecule has 1 aliphatic rings. The Hall–Kier alpha value is -0.490. The number of aliphatic imine (C=N–C) groups is 1. The number of nitrogens with zero attached hydrogens (tertiary/aromatic N) is 1. The quantitative estimate of drug-likeness (QED) is 0.343. The highest BCUT2D eigenvalue weighted by atomic mass is 127. The molecular formula is C15H23ClIN3. The van der Waals surface area contributed by atoms with Crippen LogP contribution in [-0.2, 0) is 6.54 Å². The van der Waals surface area contributed by atoms with Gasteiger partial charge in [-0.15, -0.1) is 24.0 Å². The zero-order chi connectivity index (χ0) is 13.5. The van der Waals surface area contributed by atoms with E-state index in [4.69, 9.17) is 17.3 Å². The van der Waals surface area contributed by atoms with Gasteiger partial charge in [0.25, 0.3) is 0 Å². The largest absolute Gasteiger partial charge is 0.370 e. The maximum absolute atomic E-state index is 5.95. The molecule has 112 valence electrons. The maximum Gasteiger partial charge on any atom is 0.189 e. The van der Waals surface area contributed by atoms with Crippen LogP contribution in [-0.4, -0.2) is 12.0 Å². The molecule has 0 amide bonds. The van der Waals surface area contributed by atoms with Crippen LogP contribution >= 0.6 is 35.6 Å². The first kappa shape index (κ1) is 17.6. The van der Waals surface area contributed by atoms with Gasteiger partial charge in [-0.05, 0) is 30.5 Å². The normalized spacial score (nSPS) is 17.1. The maximum atomic E-state index is 5.95. The number of nitrogens with one attached hydrogen (secondary N) is 1. The molecule has 3 nitrogen and oxygen atoms in total. The second-order valence-electron chi connectivity index (χ2n) is 5.16. The van der Waals surface area contributed by atoms with Crippen molar-refractivity contribution in [2.24, 2.45) is 10.7 Å². The van der Waals surface area contributed by atoms with Gasteiger partial charge >= 0.3 is 0 Å². The van der Waals surface area contributed by atoms with Gasteiger partial charge in [-0.3, -0.25) is 0 Å². The summed E-state index contributed by atoms with van der Waals surface area (Å²) < 4.78 is 0. The lowest BCUT2D eigenvalue weighted by molar-refractivity contribution is 0.530. The molecule has 2 rings (SSSR count). The van der Waals surface area contributed by atoms with Gasteiger partial charge in [0.2, 0.25) is 0 Å². The Morgan fingerprint density at radius 2 is 1.75 bits per heavy atom. The minimum atomic E-state index is 0. The Kier molecular flexibility index (Phi) is 8.30. The molecule has 0 unspecified atom stereocenters. The predicted octanol–water partition coefficient (Wildman–Crippen LogP) is 4.09. The molecule has 0 saturated heterocycles. The topological polar surface area (TPSA) is 50.4 Å². The fraction of sp³-hybridized carbons (Fsp3) is 0.533. The van der Waals surface area contributed by atoms with Crippen LogP contribution in [0.5, 0.6) is 0 Å². The summed E-state index contributed by atoms with van der Waals surface area (Å²) in [5.41, 5.74) is 7.07. The van der Waals surface area contributed by atoms with Crippen molar-refractivity contribution >= 4 is 41.5 Å². The SMILES string of the molecule is I.NC(=NCc1ccc(Cl)cc1)NC1CCCCCC1. The van der Waals surface area contributed by atoms with Crippen LogP contribution in [0.3, 0.4) is 0 Å². The van der Waals surface area contributed by atoms with Crippen LogP contribution in [0.15, 0.2) is 29.3 Å². The fourth-order valence-electron chi connectivity index (χ4n) is 2.44. The molecule has 20 heavy (non-hydrogen) atoms. The molecule has 0 aliphatic heterocycles. The monoisotopic (exact) mass is 407 g/mol. The number of hydrogen-bond donors (Lipinski definition) is 2. The van der Waals surface area contributed by atoms with Gasteiger partial charge in [0.1, 0.15) is 0 Å². The Labute approximate surface area is 143 Å². The van der Waals surface area contributed by atoms with Crippen LogP contribution < -0.4 is 11.1 Å². The van der Waals surface area contributed by atoms with E-state index in [1.54, 1.807) is 0 Å². The lowest BCUT2D eigenvalue weighted by atomic mass is 10.1. The highest BCUT2D eigenvalue weighted by Crippen LogP contribution is 2.17. The zero-order valence-electron chi connectivity index (χ0n) is 11.6. The third-order valence-corrected chi connectivity index (χ3v) is 3.80. The Balaban J connectivity index is 0.00000200. The van der Waals surface area contributed by atoms with E-state index < -0.39 is 0 Å². The van der Waals surface area contributed by atoms with Crippen molar-refractivity contribution in [3.63, 3.8) is 0 Å². The highest BCUT2D eigenvalue weighted by Gasteiger charge is 2.12. The average Bonchev–Trinajstić information content (AvgIpc) is 2.67. The van der Waals surface area contributed by atoms with E-state index in [9.17, 15) is 0 Å². The molecule has 5 heteroatoms. The summed E-state index contributed by atoms with van der Waals surface area (Å²) in [5.74, 6) is 0.557. The van der Waals surface area contributed by atoms with Crippen molar-refractivity contribution in [3.8, 4) is 0 Å². The Morgan fingerprint density at radius 3 is 2.35 bits per heavy atom. The summed E-state index contributed by atoms with van der Waals surface area (Å²) in [6.45, 7) is 0.600. The van der Waals surface area contributed by atoms with Crippen molar-refractivity contribution in [1.29, 1.82) is 0 Å². The van der Waals surface area contributed by atoms with Crippen LogP contribution in [0.25, 0.3) is 0 Å². The van der Waals surface area contributed by atoms with E-state index in [1.807, 2.05) is 24.3 Å². The molecule has 0 bridgehead atoms. The van der Waals surface area contributed by atoms with Gasteiger partial charge in [-0.2, -0.15) is 0 Å². The summed E-state index contributed by atoms with van der Waals surface area (Å²) in [7, 11) is 0. The van der Waals surface area contributed by atoms with Crippen molar-refractivity contribution in [2.75, 3.05) is 0 Å². The molecule has 0 spiro atoms. The number of halogens is 2. The van der Waals surface area contributed by atoms with Crippen LogP contribution in [0.4, 0.5) is 0 Å². The summed E-state index contributed by atoms with van der Waals surface area (Å²) in [5, 5.41) is 4.09. The lowest BCUT2D eigenvalue weighted by Gasteiger charge is -2.16. The molecule has 0 aromatic heterocycles. The molecular weight excluding hydrogens is 385 g/mol. The summed E-state index contributed by atoms with van der Waals surface area (Å²) >= 11 is 5.85. The van der Waals surface area contributed by atoms with Crippen molar-refractivity contribution < 1.29 is 0 Å². The van der Waals surface area contributed by atoms with E-state index in [-0.39, 0.29) is 24.0 Å². The first-order chi connectivity index (χ1) is 9.24. The lowest BCUT2D eigenvalue weighted by Crippen LogP contribution is -2.39. The van der Waals surface area contributed by atoms with Crippen LogP contribution in [0.1, 0.15) is 44.1 Å². The number of guanidine groups is 1. The van der Waals surface area contributed by atoms with E-state index in [0.29, 0.717) is 18.5 Å². The Morgan fingerprint density at radius 1 is 1.15 bits per heavy atom. The van der Waals surface area contributed by atoms with Crippen molar-refractivity contribution in [2.45, 2.75) is 51.1 Å². The molecule has 0 atom stereocenters. The number of hydrogen-bond acceptors (Lipinski definition) is 1. The fourth-order valence-corrected chi connectivity index (χ4v) is 2.57. The summed E-state index contributed by atoms with van der Waals surface area (Å²) in [4.78, 5) is 4.39. The smallest absolute Gasteiger partial charge is 0.189 e. The second kappa shape index (κ2) is 9.45. The first-order valence-corrected chi connectivity index (χ1v) is 7.43. The molecule has 3 N–H and O–H groups in total. The highest BCUT2D eigenvalue weighted by molar-refractivity contribution is 14.0. The van der Waals surface area contributed by atoms with E-state index in [1.165, 1.54) is 38.5 Å². The van der Waals surface area contributed by atoms with Crippen LogP contribution in [0.2, 0.25) is 5.02 Å². The summed E-state index contributed by atoms with van der Waals surface area (Å²) in [6, 6.07) is 8.20. The average molecular weight is 408 g/mol. The third-order valence-electron chi connectivity index (χ3n) is 3.55. The minimum Gasteiger partial charge on any atom is -0.370 e. The van der Waals surface area contributed by atoms with Crippen molar-refractivity contribution in [3.05, 3.63) is 34.9 Å². The molecule has 1 aromatic carbocycles. The van der Waals surface area contributed by atoms with Gasteiger partial charge in [-0.25, -0.2) is 4.99 Å². The van der Waals surface area contributed by atoms with Crippen LogP contribution in [0, 0.1) is 0 Å².